The Morgan fingerprint density at radius 3 is 2.53 bits per heavy atom. The number of hydrogen-bond acceptors (Lipinski definition) is 2. The number of halogens is 1. The highest BCUT2D eigenvalue weighted by molar-refractivity contribution is 5.63. The molecule has 0 spiro atoms. The van der Waals surface area contributed by atoms with Crippen LogP contribution >= 0.6 is 0 Å². The zero-order valence-corrected chi connectivity index (χ0v) is 7.66. The number of allylic oxidation sites excluding steroid dienone is 1. The molecule has 0 aliphatic carbocycles. The van der Waals surface area contributed by atoms with Crippen molar-refractivity contribution in [1.29, 1.82) is 10.5 Å². The summed E-state index contributed by atoms with van der Waals surface area (Å²) in [6.07, 6.45) is 6.42. The van der Waals surface area contributed by atoms with E-state index in [-0.39, 0.29) is 11.1 Å². The molecule has 0 aliphatic rings. The van der Waals surface area contributed by atoms with Gasteiger partial charge in [0.05, 0.1) is 5.56 Å². The quantitative estimate of drug-likeness (QED) is 0.510. The normalized spacial score (nSPS) is 8.13. The first-order valence-corrected chi connectivity index (χ1v) is 3.99. The lowest BCUT2D eigenvalue weighted by atomic mass is 10.1. The van der Waals surface area contributed by atoms with E-state index in [0.717, 1.165) is 0 Å². The largest absolute Gasteiger partial charge is 0.206 e. The minimum atomic E-state index is -0.495. The second-order valence-electron chi connectivity index (χ2n) is 2.67. The Kier molecular flexibility index (Phi) is 3.23. The third-order valence-electron chi connectivity index (χ3n) is 1.70. The van der Waals surface area contributed by atoms with Gasteiger partial charge in [0.1, 0.15) is 23.5 Å². The molecule has 0 aromatic heterocycles. The molecule has 3 heteroatoms. The highest BCUT2D eigenvalue weighted by atomic mass is 19.1. The molecule has 15 heavy (non-hydrogen) atoms. The van der Waals surface area contributed by atoms with Crippen molar-refractivity contribution >= 4 is 6.08 Å². The predicted molar refractivity (Wildman–Crippen MR) is 53.5 cm³/mol. The van der Waals surface area contributed by atoms with Crippen LogP contribution in [0.5, 0.6) is 0 Å². The molecule has 0 bridgehead atoms. The number of benzene rings is 1. The molecule has 0 atom stereocenters. The van der Waals surface area contributed by atoms with E-state index in [0.29, 0.717) is 5.56 Å². The van der Waals surface area contributed by atoms with E-state index >= 15 is 0 Å². The maximum atomic E-state index is 13.0. The number of rotatable bonds is 1. The summed E-state index contributed by atoms with van der Waals surface area (Å²) in [4.78, 5) is 0. The molecule has 70 valence electrons. The Morgan fingerprint density at radius 2 is 2.00 bits per heavy atom. The van der Waals surface area contributed by atoms with Crippen molar-refractivity contribution in [2.45, 2.75) is 0 Å². The van der Waals surface area contributed by atoms with Gasteiger partial charge in [-0.15, -0.1) is 6.42 Å². The van der Waals surface area contributed by atoms with Crippen LogP contribution in [0.4, 0.5) is 4.39 Å². The first kappa shape index (κ1) is 10.5. The van der Waals surface area contributed by atoms with Gasteiger partial charge in [0.25, 0.3) is 0 Å². The summed E-state index contributed by atoms with van der Waals surface area (Å²) in [6.45, 7) is 0. The van der Waals surface area contributed by atoms with Crippen molar-refractivity contribution in [3.63, 3.8) is 0 Å². The van der Waals surface area contributed by atoms with Gasteiger partial charge in [-0.05, 0) is 23.8 Å². The van der Waals surface area contributed by atoms with E-state index < -0.39 is 5.82 Å². The summed E-state index contributed by atoms with van der Waals surface area (Å²) in [7, 11) is 0. The summed E-state index contributed by atoms with van der Waals surface area (Å²) in [5.41, 5.74) is 0.589. The molecule has 1 rings (SSSR count). The molecule has 0 fully saturated rings. The molecular formula is C12H5FN2. The second-order valence-corrected chi connectivity index (χ2v) is 2.67. The molecule has 0 heterocycles. The minimum Gasteiger partial charge on any atom is -0.206 e. The van der Waals surface area contributed by atoms with E-state index in [9.17, 15) is 4.39 Å². The number of nitriles is 2. The van der Waals surface area contributed by atoms with Crippen LogP contribution in [0.25, 0.3) is 6.08 Å². The van der Waals surface area contributed by atoms with Gasteiger partial charge in [-0.25, -0.2) is 4.39 Å². The maximum Gasteiger partial charge on any atom is 0.138 e. The Balaban J connectivity index is 3.22. The first-order chi connectivity index (χ1) is 7.21. The standard InChI is InChI=1S/C12H5FN2/c1-2-11-6-9(3-4-12(11)13)5-10(7-14)8-15/h1,3-6H. The van der Waals surface area contributed by atoms with Gasteiger partial charge in [-0.3, -0.25) is 0 Å². The molecule has 2 nitrogen and oxygen atoms in total. The fourth-order valence-corrected chi connectivity index (χ4v) is 0.999. The van der Waals surface area contributed by atoms with Gasteiger partial charge in [-0.1, -0.05) is 12.0 Å². The molecule has 1 aromatic carbocycles. The Morgan fingerprint density at radius 1 is 1.33 bits per heavy atom. The van der Waals surface area contributed by atoms with Gasteiger partial charge in [0.15, 0.2) is 0 Å². The first-order valence-electron chi connectivity index (χ1n) is 3.99. The zero-order valence-electron chi connectivity index (χ0n) is 7.66. The van der Waals surface area contributed by atoms with Crippen molar-refractivity contribution < 1.29 is 4.39 Å². The molecule has 0 N–H and O–H groups in total. The SMILES string of the molecule is C#Cc1cc(C=C(C#N)C#N)ccc1F. The monoisotopic (exact) mass is 196 g/mol. The molecule has 0 amide bonds. The van der Waals surface area contributed by atoms with Crippen LogP contribution in [0.1, 0.15) is 11.1 Å². The topological polar surface area (TPSA) is 47.6 Å². The lowest BCUT2D eigenvalue weighted by molar-refractivity contribution is 0.624. The van der Waals surface area contributed by atoms with Gasteiger partial charge >= 0.3 is 0 Å². The highest BCUT2D eigenvalue weighted by Gasteiger charge is 2.00. The third-order valence-corrected chi connectivity index (χ3v) is 1.70. The molecule has 1 aromatic rings. The summed E-state index contributed by atoms with van der Waals surface area (Å²) in [5.74, 6) is 1.68. The van der Waals surface area contributed by atoms with Crippen LogP contribution in [-0.4, -0.2) is 0 Å². The maximum absolute atomic E-state index is 13.0. The van der Waals surface area contributed by atoms with Crippen LogP contribution in [0, 0.1) is 40.8 Å². The molecule has 0 aliphatic heterocycles. The summed E-state index contributed by atoms with van der Waals surface area (Å²) in [5, 5.41) is 17.0. The Hall–Kier alpha value is -2.57. The van der Waals surface area contributed by atoms with Crippen molar-refractivity contribution in [2.75, 3.05) is 0 Å². The van der Waals surface area contributed by atoms with Crippen LogP contribution < -0.4 is 0 Å². The van der Waals surface area contributed by atoms with Crippen LogP contribution in [0.15, 0.2) is 23.8 Å². The fourth-order valence-electron chi connectivity index (χ4n) is 0.999. The molecule has 0 unspecified atom stereocenters. The van der Waals surface area contributed by atoms with Crippen LogP contribution in [0.2, 0.25) is 0 Å². The van der Waals surface area contributed by atoms with Gasteiger partial charge < -0.3 is 0 Å². The van der Waals surface area contributed by atoms with E-state index in [4.69, 9.17) is 16.9 Å². The zero-order chi connectivity index (χ0) is 11.3. The molecule has 0 saturated carbocycles. The number of nitrogens with zero attached hydrogens (tertiary/aromatic N) is 2. The van der Waals surface area contributed by atoms with Crippen molar-refractivity contribution in [2.24, 2.45) is 0 Å². The van der Waals surface area contributed by atoms with E-state index in [1.54, 1.807) is 12.1 Å². The highest BCUT2D eigenvalue weighted by Crippen LogP contribution is 2.12. The van der Waals surface area contributed by atoms with E-state index in [1.807, 2.05) is 0 Å². The van der Waals surface area contributed by atoms with Crippen molar-refractivity contribution in [1.82, 2.24) is 0 Å². The minimum absolute atomic E-state index is 0.0513. The van der Waals surface area contributed by atoms with Gasteiger partial charge in [0, 0.05) is 0 Å². The smallest absolute Gasteiger partial charge is 0.138 e. The summed E-state index contributed by atoms with van der Waals surface area (Å²) >= 11 is 0. The molecular weight excluding hydrogens is 191 g/mol. The number of terminal acetylenes is 1. The van der Waals surface area contributed by atoms with Crippen molar-refractivity contribution in [3.8, 4) is 24.5 Å². The number of hydrogen-bond donors (Lipinski definition) is 0. The average molecular weight is 196 g/mol. The fraction of sp³-hybridized carbons (Fsp3) is 0. The summed E-state index contributed by atoms with van der Waals surface area (Å²) < 4.78 is 13.0. The van der Waals surface area contributed by atoms with E-state index in [2.05, 4.69) is 5.92 Å². The lowest BCUT2D eigenvalue weighted by Gasteiger charge is -1.96. The van der Waals surface area contributed by atoms with Gasteiger partial charge in [-0.2, -0.15) is 10.5 Å². The summed E-state index contributed by atoms with van der Waals surface area (Å²) in [6, 6.07) is 7.47. The van der Waals surface area contributed by atoms with Crippen molar-refractivity contribution in [3.05, 3.63) is 40.7 Å². The molecule has 0 saturated heterocycles. The molecule has 0 radical (unpaired) electrons. The van der Waals surface area contributed by atoms with Crippen LogP contribution in [0.3, 0.4) is 0 Å². The van der Waals surface area contributed by atoms with E-state index in [1.165, 1.54) is 24.3 Å². The second kappa shape index (κ2) is 4.61. The Bertz CT molecular complexity index is 520. The third kappa shape index (κ3) is 2.44. The predicted octanol–water partition coefficient (Wildman–Crippen LogP) is 2.24. The van der Waals surface area contributed by atoms with Crippen LogP contribution in [-0.2, 0) is 0 Å². The van der Waals surface area contributed by atoms with Gasteiger partial charge in [0.2, 0.25) is 0 Å². The average Bonchev–Trinajstić information content (AvgIpc) is 2.28. The Labute approximate surface area is 86.9 Å². The lowest BCUT2D eigenvalue weighted by Crippen LogP contribution is -1.85.